The monoisotopic (exact) mass is 563 g/mol. The standard InChI is InChI=1S/C33H39B2N3O4/c1-30(2)31(3,4)40-34(39-30)25-18-24(19-26(20-25)35-41-32(5,6)33(7,8)42-35)29-36-21-38(22-37-29)28-17-13-12-16-27(28)23-14-10-9-11-15-23/h9-21H,22H2,1-8H3. The lowest BCUT2D eigenvalue weighted by molar-refractivity contribution is 0.00578. The Morgan fingerprint density at radius 3 is 1.62 bits per heavy atom. The summed E-state index contributed by atoms with van der Waals surface area (Å²) in [7, 11) is -1.09. The maximum atomic E-state index is 6.43. The van der Waals surface area contributed by atoms with E-state index in [1.54, 1.807) is 0 Å². The molecule has 0 unspecified atom stereocenters. The summed E-state index contributed by atoms with van der Waals surface area (Å²) in [5.41, 5.74) is 4.09. The Balaban J connectivity index is 1.34. The van der Waals surface area contributed by atoms with Crippen LogP contribution < -0.4 is 15.8 Å². The summed E-state index contributed by atoms with van der Waals surface area (Å²) in [6, 6.07) is 24.9. The summed E-state index contributed by atoms with van der Waals surface area (Å²) in [6.07, 6.45) is 1.86. The Morgan fingerprint density at radius 1 is 0.619 bits per heavy atom. The van der Waals surface area contributed by atoms with Crippen LogP contribution in [0.5, 0.6) is 0 Å². The van der Waals surface area contributed by atoms with Crippen LogP contribution >= 0.6 is 0 Å². The predicted molar refractivity (Wildman–Crippen MR) is 172 cm³/mol. The number of rotatable bonds is 5. The molecule has 42 heavy (non-hydrogen) atoms. The first-order valence-corrected chi connectivity index (χ1v) is 14.6. The number of aliphatic imine (C=N–C) groups is 2. The maximum absolute atomic E-state index is 6.43. The molecule has 0 spiro atoms. The van der Waals surface area contributed by atoms with Gasteiger partial charge in [0.1, 0.15) is 6.67 Å². The third-order valence-corrected chi connectivity index (χ3v) is 9.28. The van der Waals surface area contributed by atoms with Gasteiger partial charge in [-0.25, -0.2) is 9.98 Å². The second kappa shape index (κ2) is 10.2. The summed E-state index contributed by atoms with van der Waals surface area (Å²) in [5, 5.41) is 0. The molecule has 0 atom stereocenters. The molecule has 2 fully saturated rings. The van der Waals surface area contributed by atoms with E-state index >= 15 is 0 Å². The van der Waals surface area contributed by atoms with Crippen LogP contribution in [0.1, 0.15) is 61.0 Å². The molecule has 0 amide bonds. The van der Waals surface area contributed by atoms with E-state index in [1.165, 1.54) is 0 Å². The Hall–Kier alpha value is -3.23. The van der Waals surface area contributed by atoms with Crippen molar-refractivity contribution in [3.8, 4) is 11.1 Å². The van der Waals surface area contributed by atoms with E-state index in [4.69, 9.17) is 28.6 Å². The van der Waals surface area contributed by atoms with Gasteiger partial charge in [-0.1, -0.05) is 66.7 Å². The Bertz CT molecular complexity index is 1470. The molecule has 0 bridgehead atoms. The number of benzene rings is 3. The van der Waals surface area contributed by atoms with Gasteiger partial charge in [0.25, 0.3) is 0 Å². The minimum atomic E-state index is -0.543. The molecule has 0 aromatic heterocycles. The second-order valence-electron chi connectivity index (χ2n) is 13.3. The average Bonchev–Trinajstić information content (AvgIpc) is 3.33. The number of hydrogen-bond acceptors (Lipinski definition) is 7. The largest absolute Gasteiger partial charge is 0.494 e. The van der Waals surface area contributed by atoms with Crippen molar-refractivity contribution in [1.29, 1.82) is 0 Å². The van der Waals surface area contributed by atoms with Gasteiger partial charge in [0, 0.05) is 11.1 Å². The highest BCUT2D eigenvalue weighted by Gasteiger charge is 2.54. The molecular formula is C33H39B2N3O4. The minimum absolute atomic E-state index is 0.440. The SMILES string of the molecule is CC1(C)OB(c2cc(B3OC(C)(C)C(C)(C)O3)cc(C3=NCN(c4ccccc4-c4ccccc4)C=N3)c2)OC1(C)C. The smallest absolute Gasteiger partial charge is 0.399 e. The first kappa shape index (κ1) is 28.9. The molecular weight excluding hydrogens is 524 g/mol. The molecule has 0 radical (unpaired) electrons. The lowest BCUT2D eigenvalue weighted by atomic mass is 9.71. The van der Waals surface area contributed by atoms with Gasteiger partial charge in [0.2, 0.25) is 0 Å². The van der Waals surface area contributed by atoms with E-state index in [2.05, 4.69) is 121 Å². The summed E-state index contributed by atoms with van der Waals surface area (Å²) in [5.74, 6) is 0.638. The zero-order chi connectivity index (χ0) is 29.9. The van der Waals surface area contributed by atoms with Crippen molar-refractivity contribution >= 4 is 43.0 Å². The molecule has 3 aliphatic heterocycles. The molecule has 2 saturated heterocycles. The van der Waals surface area contributed by atoms with Crippen molar-refractivity contribution in [3.05, 3.63) is 78.4 Å². The highest BCUT2D eigenvalue weighted by Crippen LogP contribution is 2.38. The fourth-order valence-corrected chi connectivity index (χ4v) is 5.27. The van der Waals surface area contributed by atoms with Gasteiger partial charge >= 0.3 is 14.2 Å². The van der Waals surface area contributed by atoms with Crippen molar-refractivity contribution in [2.45, 2.75) is 77.8 Å². The van der Waals surface area contributed by atoms with Crippen LogP contribution in [0.2, 0.25) is 0 Å². The van der Waals surface area contributed by atoms with Gasteiger partial charge in [0.15, 0.2) is 5.84 Å². The van der Waals surface area contributed by atoms with Crippen LogP contribution in [-0.2, 0) is 18.6 Å². The summed E-state index contributed by atoms with van der Waals surface area (Å²) >= 11 is 0. The third-order valence-electron chi connectivity index (χ3n) is 9.28. The fourth-order valence-electron chi connectivity index (χ4n) is 5.27. The van der Waals surface area contributed by atoms with Crippen molar-refractivity contribution in [2.24, 2.45) is 9.98 Å². The van der Waals surface area contributed by atoms with Crippen LogP contribution in [0, 0.1) is 0 Å². The van der Waals surface area contributed by atoms with Gasteiger partial charge in [-0.2, -0.15) is 0 Å². The Kier molecular flexibility index (Phi) is 7.01. The van der Waals surface area contributed by atoms with Crippen molar-refractivity contribution < 1.29 is 18.6 Å². The van der Waals surface area contributed by atoms with Crippen LogP contribution in [0.25, 0.3) is 11.1 Å². The first-order valence-electron chi connectivity index (χ1n) is 14.6. The lowest BCUT2D eigenvalue weighted by Gasteiger charge is -2.32. The van der Waals surface area contributed by atoms with E-state index in [-0.39, 0.29) is 0 Å². The molecule has 0 aliphatic carbocycles. The number of hydrogen-bond donors (Lipinski definition) is 0. The van der Waals surface area contributed by atoms with Crippen molar-refractivity contribution in [1.82, 2.24) is 0 Å². The van der Waals surface area contributed by atoms with E-state index < -0.39 is 36.6 Å². The van der Waals surface area contributed by atoms with Gasteiger partial charge in [0.05, 0.1) is 34.4 Å². The minimum Gasteiger partial charge on any atom is -0.399 e. The molecule has 7 nitrogen and oxygen atoms in total. The molecule has 0 saturated carbocycles. The van der Waals surface area contributed by atoms with E-state index in [1.807, 2.05) is 18.5 Å². The van der Waals surface area contributed by atoms with E-state index in [0.29, 0.717) is 12.5 Å². The summed E-state index contributed by atoms with van der Waals surface area (Å²) in [4.78, 5) is 11.8. The van der Waals surface area contributed by atoms with E-state index in [9.17, 15) is 0 Å². The molecule has 0 N–H and O–H groups in total. The van der Waals surface area contributed by atoms with Crippen LogP contribution in [0.4, 0.5) is 5.69 Å². The molecule has 3 heterocycles. The summed E-state index contributed by atoms with van der Waals surface area (Å²) in [6.45, 7) is 16.9. The highest BCUT2D eigenvalue weighted by molar-refractivity contribution is 6.66. The van der Waals surface area contributed by atoms with Crippen molar-refractivity contribution in [3.63, 3.8) is 0 Å². The number of nitrogens with zero attached hydrogens (tertiary/aromatic N) is 3. The fraction of sp³-hybridized carbons (Fsp3) is 0.394. The first-order chi connectivity index (χ1) is 19.8. The van der Waals surface area contributed by atoms with Crippen molar-refractivity contribution in [2.75, 3.05) is 11.6 Å². The molecule has 9 heteroatoms. The maximum Gasteiger partial charge on any atom is 0.494 e. The van der Waals surface area contributed by atoms with Gasteiger partial charge in [-0.15, -0.1) is 0 Å². The third kappa shape index (κ3) is 5.13. The number of amidine groups is 1. The van der Waals surface area contributed by atoms with Crippen LogP contribution in [0.3, 0.4) is 0 Å². The molecule has 216 valence electrons. The normalized spacial score (nSPS) is 22.0. The topological polar surface area (TPSA) is 64.9 Å². The van der Waals surface area contributed by atoms with Crippen LogP contribution in [-0.4, -0.2) is 55.5 Å². The average molecular weight is 563 g/mol. The molecule has 6 rings (SSSR count). The Morgan fingerprint density at radius 2 is 1.12 bits per heavy atom. The van der Waals surface area contributed by atoms with Crippen LogP contribution in [0.15, 0.2) is 82.8 Å². The molecule has 3 aromatic rings. The number of para-hydroxylation sites is 1. The van der Waals surface area contributed by atoms with E-state index in [0.717, 1.165) is 33.3 Å². The Labute approximate surface area is 250 Å². The summed E-state index contributed by atoms with van der Waals surface area (Å²) < 4.78 is 25.7. The zero-order valence-corrected chi connectivity index (χ0v) is 25.8. The molecule has 3 aliphatic rings. The van der Waals surface area contributed by atoms with Gasteiger partial charge < -0.3 is 23.5 Å². The molecule has 3 aromatic carbocycles. The zero-order valence-electron chi connectivity index (χ0n) is 25.8. The van der Waals surface area contributed by atoms with Gasteiger partial charge in [-0.3, -0.25) is 0 Å². The number of anilines is 1. The lowest BCUT2D eigenvalue weighted by Crippen LogP contribution is -2.42. The second-order valence-corrected chi connectivity index (χ2v) is 13.3. The quantitative estimate of drug-likeness (QED) is 0.400. The highest BCUT2D eigenvalue weighted by atomic mass is 16.7. The van der Waals surface area contributed by atoms with Gasteiger partial charge in [-0.05, 0) is 77.9 Å². The predicted octanol–water partition coefficient (Wildman–Crippen LogP) is 5.20.